The molecule has 0 bridgehead atoms. The number of rotatable bonds is 5. The van der Waals surface area contributed by atoms with Crippen molar-refractivity contribution in [3.8, 4) is 0 Å². The second-order valence-corrected chi connectivity index (χ2v) is 6.04. The molecule has 1 aromatic heterocycles. The summed E-state index contributed by atoms with van der Waals surface area (Å²) in [5.74, 6) is 1.72. The fourth-order valence-electron chi connectivity index (χ4n) is 3.32. The van der Waals surface area contributed by atoms with Gasteiger partial charge < -0.3 is 9.88 Å². The highest BCUT2D eigenvalue weighted by Gasteiger charge is 2.16. The van der Waals surface area contributed by atoms with Crippen molar-refractivity contribution >= 4 is 11.0 Å². The fraction of sp³-hybridized carbons (Fsp3) is 0.588. The van der Waals surface area contributed by atoms with E-state index in [2.05, 4.69) is 21.8 Å². The zero-order valence-electron chi connectivity index (χ0n) is 12.7. The van der Waals surface area contributed by atoms with Crippen LogP contribution in [-0.4, -0.2) is 22.6 Å². The first kappa shape index (κ1) is 14.5. The van der Waals surface area contributed by atoms with Gasteiger partial charge in [0.05, 0.1) is 11.0 Å². The van der Waals surface area contributed by atoms with Crippen LogP contribution >= 0.6 is 0 Å². The lowest BCUT2D eigenvalue weighted by Gasteiger charge is -2.22. The Kier molecular flexibility index (Phi) is 4.54. The molecule has 2 aromatic rings. The lowest BCUT2D eigenvalue weighted by atomic mass is 9.93. The number of aryl methyl sites for hydroxylation is 2. The van der Waals surface area contributed by atoms with E-state index in [0.29, 0.717) is 0 Å². The molecule has 4 heteroatoms. The predicted molar refractivity (Wildman–Crippen MR) is 83.9 cm³/mol. The minimum absolute atomic E-state index is 0.200. The number of nitrogens with one attached hydrogen (secondary N) is 1. The van der Waals surface area contributed by atoms with Gasteiger partial charge in [0.2, 0.25) is 0 Å². The molecule has 3 rings (SSSR count). The quantitative estimate of drug-likeness (QED) is 0.912. The maximum absolute atomic E-state index is 13.4. The zero-order valence-corrected chi connectivity index (χ0v) is 12.7. The molecule has 0 atom stereocenters. The first-order valence-corrected chi connectivity index (χ1v) is 8.13. The Morgan fingerprint density at radius 1 is 1.33 bits per heavy atom. The van der Waals surface area contributed by atoms with Gasteiger partial charge in [0.15, 0.2) is 0 Å². The van der Waals surface area contributed by atoms with Crippen molar-refractivity contribution in [1.82, 2.24) is 14.9 Å². The Morgan fingerprint density at radius 3 is 2.90 bits per heavy atom. The number of benzene rings is 1. The van der Waals surface area contributed by atoms with E-state index in [1.54, 1.807) is 6.07 Å². The molecule has 1 N–H and O–H groups in total. The van der Waals surface area contributed by atoms with Gasteiger partial charge in [0.1, 0.15) is 11.6 Å². The van der Waals surface area contributed by atoms with Gasteiger partial charge in [-0.1, -0.05) is 6.92 Å². The molecule has 0 spiro atoms. The number of piperidine rings is 1. The molecule has 0 amide bonds. The molecule has 0 saturated carbocycles. The third kappa shape index (κ3) is 3.26. The van der Waals surface area contributed by atoms with Gasteiger partial charge in [-0.2, -0.15) is 0 Å². The van der Waals surface area contributed by atoms with E-state index in [9.17, 15) is 4.39 Å². The van der Waals surface area contributed by atoms with Gasteiger partial charge >= 0.3 is 0 Å². The average molecular weight is 289 g/mol. The number of halogens is 1. The molecule has 1 saturated heterocycles. The molecule has 0 aliphatic carbocycles. The Labute approximate surface area is 125 Å². The average Bonchev–Trinajstić information content (AvgIpc) is 2.84. The van der Waals surface area contributed by atoms with Crippen molar-refractivity contribution < 1.29 is 4.39 Å². The minimum Gasteiger partial charge on any atom is -0.328 e. The summed E-state index contributed by atoms with van der Waals surface area (Å²) in [7, 11) is 0. The van der Waals surface area contributed by atoms with Crippen molar-refractivity contribution in [3.63, 3.8) is 0 Å². The van der Waals surface area contributed by atoms with Gasteiger partial charge in [-0.05, 0) is 56.8 Å². The van der Waals surface area contributed by atoms with Crippen molar-refractivity contribution in [1.29, 1.82) is 0 Å². The van der Waals surface area contributed by atoms with Gasteiger partial charge in [0, 0.05) is 19.0 Å². The van der Waals surface area contributed by atoms with Gasteiger partial charge in [-0.15, -0.1) is 0 Å². The molecule has 0 radical (unpaired) electrons. The molecule has 0 unspecified atom stereocenters. The van der Waals surface area contributed by atoms with E-state index in [1.165, 1.54) is 25.3 Å². The highest BCUT2D eigenvalue weighted by Crippen LogP contribution is 2.22. The number of hydrogen-bond donors (Lipinski definition) is 1. The SMILES string of the molecule is CCCn1c(CCC2CCNCC2)nc2cc(F)ccc21. The molecule has 2 heterocycles. The number of hydrogen-bond acceptors (Lipinski definition) is 2. The van der Waals surface area contributed by atoms with E-state index in [0.717, 1.165) is 55.3 Å². The summed E-state index contributed by atoms with van der Waals surface area (Å²) < 4.78 is 15.7. The molecule has 3 nitrogen and oxygen atoms in total. The third-order valence-electron chi connectivity index (χ3n) is 4.47. The lowest BCUT2D eigenvalue weighted by Crippen LogP contribution is -2.28. The minimum atomic E-state index is -0.200. The summed E-state index contributed by atoms with van der Waals surface area (Å²) in [4.78, 5) is 4.68. The van der Waals surface area contributed by atoms with Gasteiger partial charge in [-0.3, -0.25) is 0 Å². The second kappa shape index (κ2) is 6.56. The van der Waals surface area contributed by atoms with Crippen molar-refractivity contribution in [2.45, 2.75) is 45.6 Å². The van der Waals surface area contributed by atoms with E-state index in [-0.39, 0.29) is 5.82 Å². The van der Waals surface area contributed by atoms with Crippen LogP contribution in [0.3, 0.4) is 0 Å². The maximum Gasteiger partial charge on any atom is 0.125 e. The van der Waals surface area contributed by atoms with Crippen LogP contribution in [0.25, 0.3) is 11.0 Å². The summed E-state index contributed by atoms with van der Waals surface area (Å²) in [5.41, 5.74) is 1.86. The van der Waals surface area contributed by atoms with E-state index < -0.39 is 0 Å². The van der Waals surface area contributed by atoms with Crippen LogP contribution in [-0.2, 0) is 13.0 Å². The van der Waals surface area contributed by atoms with Crippen LogP contribution in [0.5, 0.6) is 0 Å². The molecule has 1 aliphatic heterocycles. The molecular weight excluding hydrogens is 265 g/mol. The van der Waals surface area contributed by atoms with Crippen molar-refractivity contribution in [2.75, 3.05) is 13.1 Å². The van der Waals surface area contributed by atoms with Crippen LogP contribution in [0.4, 0.5) is 4.39 Å². The van der Waals surface area contributed by atoms with Crippen molar-refractivity contribution in [2.24, 2.45) is 5.92 Å². The van der Waals surface area contributed by atoms with Gasteiger partial charge in [0.25, 0.3) is 0 Å². The number of nitrogens with zero attached hydrogens (tertiary/aromatic N) is 2. The van der Waals surface area contributed by atoms with E-state index in [4.69, 9.17) is 0 Å². The van der Waals surface area contributed by atoms with Crippen LogP contribution in [0.15, 0.2) is 18.2 Å². The first-order valence-electron chi connectivity index (χ1n) is 8.13. The normalized spacial score (nSPS) is 16.7. The first-order chi connectivity index (χ1) is 10.3. The highest BCUT2D eigenvalue weighted by atomic mass is 19.1. The Bertz CT molecular complexity index is 599. The Balaban J connectivity index is 1.80. The summed E-state index contributed by atoms with van der Waals surface area (Å²) in [6, 6.07) is 4.95. The second-order valence-electron chi connectivity index (χ2n) is 6.04. The van der Waals surface area contributed by atoms with Crippen LogP contribution < -0.4 is 5.32 Å². The number of aromatic nitrogens is 2. The maximum atomic E-state index is 13.4. The molecule has 1 aliphatic rings. The monoisotopic (exact) mass is 289 g/mol. The highest BCUT2D eigenvalue weighted by molar-refractivity contribution is 5.76. The summed E-state index contributed by atoms with van der Waals surface area (Å²) in [6.45, 7) is 5.41. The molecule has 114 valence electrons. The molecular formula is C17H24FN3. The molecule has 1 aromatic carbocycles. The zero-order chi connectivity index (χ0) is 14.7. The largest absolute Gasteiger partial charge is 0.328 e. The van der Waals surface area contributed by atoms with Crippen LogP contribution in [0.2, 0.25) is 0 Å². The standard InChI is InChI=1S/C17H24FN3/c1-2-11-21-16-5-4-14(18)12-15(16)20-17(21)6-3-13-7-9-19-10-8-13/h4-5,12-13,19H,2-3,6-11H2,1H3. The van der Waals surface area contributed by atoms with E-state index in [1.807, 2.05) is 6.07 Å². The smallest absolute Gasteiger partial charge is 0.125 e. The predicted octanol–water partition coefficient (Wildman–Crippen LogP) is 3.52. The van der Waals surface area contributed by atoms with Crippen LogP contribution in [0, 0.1) is 11.7 Å². The topological polar surface area (TPSA) is 29.9 Å². The lowest BCUT2D eigenvalue weighted by molar-refractivity contribution is 0.351. The third-order valence-corrected chi connectivity index (χ3v) is 4.47. The van der Waals surface area contributed by atoms with Crippen molar-refractivity contribution in [3.05, 3.63) is 29.8 Å². The Hall–Kier alpha value is -1.42. The number of fused-ring (bicyclic) bond motifs is 1. The fourth-order valence-corrected chi connectivity index (χ4v) is 3.32. The summed E-state index contributed by atoms with van der Waals surface area (Å²) in [6.07, 6.45) is 5.80. The Morgan fingerprint density at radius 2 is 2.14 bits per heavy atom. The molecule has 21 heavy (non-hydrogen) atoms. The number of imidazole rings is 1. The van der Waals surface area contributed by atoms with Gasteiger partial charge in [-0.25, -0.2) is 9.37 Å². The summed E-state index contributed by atoms with van der Waals surface area (Å²) >= 11 is 0. The van der Waals surface area contributed by atoms with E-state index >= 15 is 0 Å². The van der Waals surface area contributed by atoms with Crippen LogP contribution in [0.1, 0.15) is 38.4 Å². The molecule has 1 fully saturated rings. The summed E-state index contributed by atoms with van der Waals surface area (Å²) in [5, 5.41) is 3.41.